The van der Waals surface area contributed by atoms with Crippen LogP contribution in [0.3, 0.4) is 0 Å². The summed E-state index contributed by atoms with van der Waals surface area (Å²) < 4.78 is 46.7. The maximum Gasteiger partial charge on any atom is 0.399 e. The van der Waals surface area contributed by atoms with Gasteiger partial charge in [0.15, 0.2) is 0 Å². The normalized spacial score (nSPS) is 19.1. The molecule has 51 heavy (non-hydrogen) atoms. The zero-order chi connectivity index (χ0) is 36.9. The van der Waals surface area contributed by atoms with Crippen LogP contribution < -0.4 is 5.32 Å². The van der Waals surface area contributed by atoms with Gasteiger partial charge in [-0.15, -0.1) is 11.3 Å². The number of benzene rings is 3. The van der Waals surface area contributed by atoms with E-state index in [1.807, 2.05) is 36.4 Å². The summed E-state index contributed by atoms with van der Waals surface area (Å²) >= 11 is 7.07. The molecule has 1 fully saturated rings. The number of carbonyl (C=O) groups is 3. The van der Waals surface area contributed by atoms with Crippen LogP contribution in [0.4, 0.5) is 8.78 Å². The Kier molecular flexibility index (Phi) is 10.2. The number of carbonyl (C=O) groups excluding carboxylic acids is 3. The van der Waals surface area contributed by atoms with Gasteiger partial charge < -0.3 is 29.6 Å². The lowest BCUT2D eigenvalue weighted by molar-refractivity contribution is -0.153. The number of ether oxygens (including phenoxy) is 1. The molecule has 1 saturated heterocycles. The van der Waals surface area contributed by atoms with Crippen LogP contribution in [-0.2, 0) is 37.5 Å². The fraction of sp³-hybridized carbons (Fsp3) is 0.361. The van der Waals surface area contributed by atoms with E-state index in [4.69, 9.17) is 16.3 Å². The zero-order valence-electron chi connectivity index (χ0n) is 28.0. The first-order valence-corrected chi connectivity index (χ1v) is 19.1. The van der Waals surface area contributed by atoms with Crippen molar-refractivity contribution in [1.82, 2.24) is 15.1 Å². The van der Waals surface area contributed by atoms with Gasteiger partial charge in [-0.2, -0.15) is 8.78 Å². The van der Waals surface area contributed by atoms with Gasteiger partial charge in [-0.3, -0.25) is 18.9 Å². The van der Waals surface area contributed by atoms with Crippen LogP contribution in [0.5, 0.6) is 0 Å². The number of fused-ring (bicyclic) bond motifs is 2. The molecule has 270 valence electrons. The van der Waals surface area contributed by atoms with Crippen LogP contribution in [0.15, 0.2) is 72.8 Å². The van der Waals surface area contributed by atoms with E-state index in [-0.39, 0.29) is 41.8 Å². The Balaban J connectivity index is 1.27. The standard InChI is InChI=1S/C36H37ClF2N3O7PS/c1-35(2,3)31(40-32(43)30-18-24-16-25(10-13-29(24)51-30)36(38,39)50(46,47)48)34(45)42-19-23-7-5-4-6-22(23)17-27(42)33(44)41-14-15-49-28(20-41)21-8-11-26(37)12-9-21/h4-13,16,18,27-28,31H,14-15,17,19-20H2,1-3H3,(H,40,43)(H2,46,47,48)/t27-,28?,31+/m0/s1. The van der Waals surface area contributed by atoms with Gasteiger partial charge in [0.2, 0.25) is 11.8 Å². The molecule has 2 aliphatic heterocycles. The third kappa shape index (κ3) is 7.60. The van der Waals surface area contributed by atoms with E-state index in [2.05, 4.69) is 5.32 Å². The second-order valence-corrected chi connectivity index (χ2v) is 17.0. The Bertz CT molecular complexity index is 2030. The molecule has 3 amide bonds. The lowest BCUT2D eigenvalue weighted by atomic mass is 9.84. The molecule has 0 spiro atoms. The Morgan fingerprint density at radius 1 is 1.02 bits per heavy atom. The summed E-state index contributed by atoms with van der Waals surface area (Å²) in [6.45, 7) is 6.48. The molecule has 0 bridgehead atoms. The first-order chi connectivity index (χ1) is 23.9. The molecule has 4 aromatic rings. The zero-order valence-corrected chi connectivity index (χ0v) is 30.5. The second-order valence-electron chi connectivity index (χ2n) is 13.9. The van der Waals surface area contributed by atoms with Gasteiger partial charge in [-0.05, 0) is 57.8 Å². The predicted molar refractivity (Wildman–Crippen MR) is 190 cm³/mol. The number of rotatable bonds is 7. The highest BCUT2D eigenvalue weighted by Crippen LogP contribution is 2.59. The average molecular weight is 760 g/mol. The Morgan fingerprint density at radius 3 is 2.37 bits per heavy atom. The molecule has 1 aromatic heterocycles. The molecule has 3 aromatic carbocycles. The molecule has 3 heterocycles. The van der Waals surface area contributed by atoms with E-state index in [0.717, 1.165) is 40.2 Å². The molecular weight excluding hydrogens is 723 g/mol. The fourth-order valence-electron chi connectivity index (χ4n) is 6.44. The monoisotopic (exact) mass is 759 g/mol. The van der Waals surface area contributed by atoms with Crippen molar-refractivity contribution in [3.05, 3.63) is 105 Å². The third-order valence-electron chi connectivity index (χ3n) is 9.28. The highest BCUT2D eigenvalue weighted by atomic mass is 35.5. The molecule has 0 aliphatic carbocycles. The van der Waals surface area contributed by atoms with E-state index in [9.17, 15) is 37.5 Å². The quantitative estimate of drug-likeness (QED) is 0.184. The van der Waals surface area contributed by atoms with Crippen LogP contribution in [0.1, 0.15) is 58.8 Å². The number of halogens is 3. The average Bonchev–Trinajstić information content (AvgIpc) is 3.53. The van der Waals surface area contributed by atoms with Gasteiger partial charge in [0.05, 0.1) is 18.0 Å². The molecule has 2 aliphatic rings. The predicted octanol–water partition coefficient (Wildman–Crippen LogP) is 6.48. The molecule has 3 N–H and O–H groups in total. The minimum Gasteiger partial charge on any atom is -0.370 e. The Morgan fingerprint density at radius 2 is 1.71 bits per heavy atom. The number of hydrogen-bond donors (Lipinski definition) is 3. The number of nitrogens with one attached hydrogen (secondary N) is 1. The number of morpholine rings is 1. The summed E-state index contributed by atoms with van der Waals surface area (Å²) in [4.78, 5) is 64.4. The number of alkyl halides is 2. The summed E-state index contributed by atoms with van der Waals surface area (Å²) in [5, 5.41) is 3.62. The molecular formula is C36H37ClF2N3O7PS. The maximum atomic E-state index is 14.6. The van der Waals surface area contributed by atoms with Crippen molar-refractivity contribution in [3.8, 4) is 0 Å². The van der Waals surface area contributed by atoms with Crippen LogP contribution in [0.25, 0.3) is 10.1 Å². The van der Waals surface area contributed by atoms with Crippen molar-refractivity contribution >= 4 is 58.3 Å². The van der Waals surface area contributed by atoms with E-state index >= 15 is 0 Å². The van der Waals surface area contributed by atoms with Crippen molar-refractivity contribution in [1.29, 1.82) is 0 Å². The summed E-state index contributed by atoms with van der Waals surface area (Å²) in [6.07, 6.45) is -0.0890. The highest BCUT2D eigenvalue weighted by molar-refractivity contribution is 7.52. The topological polar surface area (TPSA) is 136 Å². The van der Waals surface area contributed by atoms with Crippen molar-refractivity contribution in [2.45, 2.75) is 57.6 Å². The van der Waals surface area contributed by atoms with Crippen molar-refractivity contribution < 1.29 is 42.3 Å². The van der Waals surface area contributed by atoms with Crippen molar-refractivity contribution in [2.75, 3.05) is 19.7 Å². The number of nitrogens with zero attached hydrogens (tertiary/aromatic N) is 2. The number of hydrogen-bond acceptors (Lipinski definition) is 6. The fourth-order valence-corrected chi connectivity index (χ4v) is 7.99. The SMILES string of the molecule is CC(C)(C)[C@H](NC(=O)c1cc2cc(C(F)(F)P(=O)(O)O)ccc2s1)C(=O)N1Cc2ccccc2C[C@H]1C(=O)N1CCOC(c2ccc(Cl)cc2)C1. The maximum absolute atomic E-state index is 14.6. The second kappa shape index (κ2) is 14.0. The first kappa shape index (κ1) is 37.1. The summed E-state index contributed by atoms with van der Waals surface area (Å²) in [5.74, 6) is -1.31. The van der Waals surface area contributed by atoms with Crippen LogP contribution in [-0.4, -0.2) is 69.1 Å². The van der Waals surface area contributed by atoms with Crippen LogP contribution >= 0.6 is 30.5 Å². The number of amides is 3. The molecule has 0 radical (unpaired) electrons. The van der Waals surface area contributed by atoms with E-state index in [1.165, 1.54) is 17.0 Å². The van der Waals surface area contributed by atoms with Crippen LogP contribution in [0, 0.1) is 5.41 Å². The van der Waals surface area contributed by atoms with Gasteiger partial charge in [0.25, 0.3) is 5.91 Å². The number of thiophene rings is 1. The van der Waals surface area contributed by atoms with Gasteiger partial charge >= 0.3 is 13.3 Å². The molecule has 15 heteroatoms. The van der Waals surface area contributed by atoms with E-state index in [1.54, 1.807) is 37.8 Å². The molecule has 1 unspecified atom stereocenters. The minimum absolute atomic E-state index is 0.113. The van der Waals surface area contributed by atoms with Gasteiger partial charge in [-0.25, -0.2) is 0 Å². The Labute approximate surface area is 302 Å². The third-order valence-corrected chi connectivity index (χ3v) is 11.6. The lowest BCUT2D eigenvalue weighted by Crippen LogP contribution is -2.61. The van der Waals surface area contributed by atoms with Gasteiger partial charge in [0.1, 0.15) is 18.2 Å². The van der Waals surface area contributed by atoms with Crippen molar-refractivity contribution in [2.24, 2.45) is 5.41 Å². The molecule has 6 rings (SSSR count). The smallest absolute Gasteiger partial charge is 0.370 e. The van der Waals surface area contributed by atoms with E-state index in [0.29, 0.717) is 22.9 Å². The van der Waals surface area contributed by atoms with Gasteiger partial charge in [-0.1, -0.05) is 74.8 Å². The largest absolute Gasteiger partial charge is 0.399 e. The highest BCUT2D eigenvalue weighted by Gasteiger charge is 2.50. The lowest BCUT2D eigenvalue weighted by Gasteiger charge is -2.43. The minimum atomic E-state index is -5.79. The van der Waals surface area contributed by atoms with Gasteiger partial charge in [0, 0.05) is 34.8 Å². The van der Waals surface area contributed by atoms with Crippen LogP contribution in [0.2, 0.25) is 5.02 Å². The van der Waals surface area contributed by atoms with E-state index < -0.39 is 48.1 Å². The summed E-state index contributed by atoms with van der Waals surface area (Å²) in [6, 6.07) is 17.4. The molecule has 0 saturated carbocycles. The van der Waals surface area contributed by atoms with Crippen molar-refractivity contribution in [3.63, 3.8) is 0 Å². The first-order valence-electron chi connectivity index (χ1n) is 16.3. The molecule has 3 atom stereocenters. The summed E-state index contributed by atoms with van der Waals surface area (Å²) in [5.41, 5.74) is -3.38. The molecule has 10 nitrogen and oxygen atoms in total. The summed E-state index contributed by atoms with van der Waals surface area (Å²) in [7, 11) is -5.79. The Hall–Kier alpha value is -3.71.